The molecule has 0 saturated carbocycles. The number of nitrogens with zero attached hydrogens (tertiary/aromatic N) is 1. The van der Waals surface area contributed by atoms with Crippen molar-refractivity contribution < 1.29 is 4.79 Å². The molecule has 21 heavy (non-hydrogen) atoms. The second kappa shape index (κ2) is 5.56. The summed E-state index contributed by atoms with van der Waals surface area (Å²) >= 11 is 0. The van der Waals surface area contributed by atoms with Crippen molar-refractivity contribution in [3.05, 3.63) is 62.6 Å². The predicted octanol–water partition coefficient (Wildman–Crippen LogP) is 2.87. The Labute approximate surface area is 124 Å². The second-order valence-corrected chi connectivity index (χ2v) is 5.43. The Bertz CT molecular complexity index is 753. The molecule has 0 saturated heterocycles. The molecule has 0 bridgehead atoms. The summed E-state index contributed by atoms with van der Waals surface area (Å²) in [7, 11) is 1.67. The van der Waals surface area contributed by atoms with Crippen LogP contribution in [-0.4, -0.2) is 10.5 Å². The topological polar surface area (TPSA) is 51.1 Å². The maximum absolute atomic E-state index is 12.5. The highest BCUT2D eigenvalue weighted by Crippen LogP contribution is 2.20. The number of aromatic nitrogens is 1. The Morgan fingerprint density at radius 2 is 1.62 bits per heavy atom. The summed E-state index contributed by atoms with van der Waals surface area (Å²) < 4.78 is 1.49. The van der Waals surface area contributed by atoms with Gasteiger partial charge in [0.1, 0.15) is 5.56 Å². The molecule has 4 heteroatoms. The van der Waals surface area contributed by atoms with E-state index < -0.39 is 0 Å². The van der Waals surface area contributed by atoms with Crippen LogP contribution in [-0.2, 0) is 7.05 Å². The van der Waals surface area contributed by atoms with Crippen LogP contribution in [0.4, 0.5) is 5.69 Å². The highest BCUT2D eigenvalue weighted by Gasteiger charge is 2.17. The van der Waals surface area contributed by atoms with Crippen LogP contribution in [0.3, 0.4) is 0 Å². The largest absolute Gasteiger partial charge is 0.321 e. The molecule has 1 amide bonds. The molecule has 0 aliphatic heterocycles. The van der Waals surface area contributed by atoms with Crippen LogP contribution in [0.1, 0.15) is 32.7 Å². The van der Waals surface area contributed by atoms with Crippen LogP contribution >= 0.6 is 0 Å². The quantitative estimate of drug-likeness (QED) is 0.922. The van der Waals surface area contributed by atoms with E-state index in [1.807, 2.05) is 45.0 Å². The lowest BCUT2D eigenvalue weighted by atomic mass is 10.1. The third kappa shape index (κ3) is 2.75. The molecule has 2 rings (SSSR count). The highest BCUT2D eigenvalue weighted by molar-refractivity contribution is 6.05. The number of para-hydroxylation sites is 1. The van der Waals surface area contributed by atoms with E-state index in [1.54, 1.807) is 14.0 Å². The summed E-state index contributed by atoms with van der Waals surface area (Å²) in [5.74, 6) is -0.356. The van der Waals surface area contributed by atoms with E-state index in [-0.39, 0.29) is 17.0 Å². The molecule has 0 fully saturated rings. The predicted molar refractivity (Wildman–Crippen MR) is 85.0 cm³/mol. The van der Waals surface area contributed by atoms with Crippen LogP contribution < -0.4 is 10.9 Å². The summed E-state index contributed by atoms with van der Waals surface area (Å²) in [6, 6.07) is 7.66. The Balaban J connectivity index is 2.48. The molecule has 2 aromatic rings. The van der Waals surface area contributed by atoms with Crippen LogP contribution in [0.15, 0.2) is 29.1 Å². The normalized spacial score (nSPS) is 10.5. The molecular weight excluding hydrogens is 264 g/mol. The van der Waals surface area contributed by atoms with Gasteiger partial charge in [-0.3, -0.25) is 9.59 Å². The molecule has 110 valence electrons. The average Bonchev–Trinajstić information content (AvgIpc) is 2.40. The zero-order valence-corrected chi connectivity index (χ0v) is 13.1. The van der Waals surface area contributed by atoms with Gasteiger partial charge in [-0.2, -0.15) is 0 Å². The van der Waals surface area contributed by atoms with Gasteiger partial charge in [0.2, 0.25) is 0 Å². The van der Waals surface area contributed by atoms with Crippen molar-refractivity contribution in [2.45, 2.75) is 27.7 Å². The van der Waals surface area contributed by atoms with Crippen LogP contribution in [0.25, 0.3) is 0 Å². The Morgan fingerprint density at radius 3 is 2.19 bits per heavy atom. The number of carbonyl (C=O) groups is 1. The lowest BCUT2D eigenvalue weighted by Crippen LogP contribution is -2.30. The van der Waals surface area contributed by atoms with Gasteiger partial charge in [0, 0.05) is 18.4 Å². The molecule has 0 spiro atoms. The first-order valence-electron chi connectivity index (χ1n) is 6.87. The number of rotatable bonds is 2. The van der Waals surface area contributed by atoms with Crippen molar-refractivity contribution in [1.29, 1.82) is 0 Å². The third-order valence-corrected chi connectivity index (χ3v) is 3.81. The summed E-state index contributed by atoms with van der Waals surface area (Å²) in [6.07, 6.45) is 0. The number of nitrogens with one attached hydrogen (secondary N) is 1. The van der Waals surface area contributed by atoms with Gasteiger partial charge >= 0.3 is 0 Å². The van der Waals surface area contributed by atoms with E-state index in [9.17, 15) is 9.59 Å². The standard InChI is InChI=1S/C17H20N2O2/c1-10-7-6-8-11(2)15(10)18-16(20)14-12(3)9-13(4)19(5)17(14)21/h6-9H,1-5H3,(H,18,20). The van der Waals surface area contributed by atoms with E-state index in [0.717, 1.165) is 22.5 Å². The second-order valence-electron chi connectivity index (χ2n) is 5.43. The SMILES string of the molecule is Cc1cccc(C)c1NC(=O)c1c(C)cc(C)n(C)c1=O. The number of aryl methyl sites for hydroxylation is 4. The van der Waals surface area contributed by atoms with E-state index in [2.05, 4.69) is 5.32 Å². The minimum Gasteiger partial charge on any atom is -0.321 e. The molecule has 0 aliphatic carbocycles. The molecular formula is C17H20N2O2. The van der Waals surface area contributed by atoms with Gasteiger partial charge in [0.15, 0.2) is 0 Å². The van der Waals surface area contributed by atoms with Gasteiger partial charge in [-0.25, -0.2) is 0 Å². The number of hydrogen-bond donors (Lipinski definition) is 1. The van der Waals surface area contributed by atoms with E-state index >= 15 is 0 Å². The van der Waals surface area contributed by atoms with Crippen LogP contribution in [0.2, 0.25) is 0 Å². The lowest BCUT2D eigenvalue weighted by molar-refractivity contribution is 0.102. The summed E-state index contributed by atoms with van der Waals surface area (Å²) in [6.45, 7) is 7.50. The van der Waals surface area contributed by atoms with Crippen molar-refractivity contribution in [1.82, 2.24) is 4.57 Å². The molecule has 0 aliphatic rings. The van der Waals surface area contributed by atoms with Gasteiger partial charge in [0.05, 0.1) is 0 Å². The number of benzene rings is 1. The van der Waals surface area contributed by atoms with Gasteiger partial charge < -0.3 is 9.88 Å². The van der Waals surface area contributed by atoms with E-state index in [0.29, 0.717) is 5.56 Å². The maximum atomic E-state index is 12.5. The molecule has 0 unspecified atom stereocenters. The van der Waals surface area contributed by atoms with Gasteiger partial charge in [-0.1, -0.05) is 18.2 Å². The first-order chi connectivity index (χ1) is 9.82. The van der Waals surface area contributed by atoms with Crippen molar-refractivity contribution in [3.63, 3.8) is 0 Å². The third-order valence-electron chi connectivity index (χ3n) is 3.81. The Morgan fingerprint density at radius 1 is 1.05 bits per heavy atom. The van der Waals surface area contributed by atoms with Gasteiger partial charge in [-0.15, -0.1) is 0 Å². The smallest absolute Gasteiger partial charge is 0.263 e. The fourth-order valence-corrected chi connectivity index (χ4v) is 2.44. The van der Waals surface area contributed by atoms with Crippen molar-refractivity contribution in [2.24, 2.45) is 7.05 Å². The van der Waals surface area contributed by atoms with Crippen LogP contribution in [0.5, 0.6) is 0 Å². The average molecular weight is 284 g/mol. The zero-order valence-electron chi connectivity index (χ0n) is 13.1. The maximum Gasteiger partial charge on any atom is 0.263 e. The van der Waals surface area contributed by atoms with Gasteiger partial charge in [-0.05, 0) is 50.5 Å². The molecule has 1 heterocycles. The first kappa shape index (κ1) is 15.0. The highest BCUT2D eigenvalue weighted by atomic mass is 16.2. The molecule has 1 aromatic carbocycles. The summed E-state index contributed by atoms with van der Waals surface area (Å²) in [5.41, 5.74) is 4.18. The molecule has 1 N–H and O–H groups in total. The van der Waals surface area contributed by atoms with Crippen molar-refractivity contribution in [2.75, 3.05) is 5.32 Å². The number of hydrogen-bond acceptors (Lipinski definition) is 2. The summed E-state index contributed by atoms with van der Waals surface area (Å²) in [4.78, 5) is 24.8. The minimum absolute atomic E-state index is 0.200. The first-order valence-corrected chi connectivity index (χ1v) is 6.87. The molecule has 4 nitrogen and oxygen atoms in total. The fourth-order valence-electron chi connectivity index (χ4n) is 2.44. The van der Waals surface area contributed by atoms with E-state index in [1.165, 1.54) is 4.57 Å². The summed E-state index contributed by atoms with van der Waals surface area (Å²) in [5, 5.41) is 2.87. The molecule has 0 radical (unpaired) electrons. The number of amides is 1. The van der Waals surface area contributed by atoms with Gasteiger partial charge in [0.25, 0.3) is 11.5 Å². The minimum atomic E-state index is -0.356. The number of pyridine rings is 1. The number of anilines is 1. The van der Waals surface area contributed by atoms with Crippen LogP contribution in [0, 0.1) is 27.7 Å². The fraction of sp³-hybridized carbons (Fsp3) is 0.294. The van der Waals surface area contributed by atoms with Crippen molar-refractivity contribution >= 4 is 11.6 Å². The number of carbonyl (C=O) groups excluding carboxylic acids is 1. The Hall–Kier alpha value is -2.36. The molecule has 0 atom stereocenters. The van der Waals surface area contributed by atoms with Crippen molar-refractivity contribution in [3.8, 4) is 0 Å². The monoisotopic (exact) mass is 284 g/mol. The Kier molecular flexibility index (Phi) is 3.98. The zero-order chi connectivity index (χ0) is 15.7. The molecule has 1 aromatic heterocycles. The lowest BCUT2D eigenvalue weighted by Gasteiger charge is -2.14. The van der Waals surface area contributed by atoms with E-state index in [4.69, 9.17) is 0 Å².